The van der Waals surface area contributed by atoms with E-state index in [1.54, 1.807) is 10.8 Å². The molecule has 92 valence electrons. The summed E-state index contributed by atoms with van der Waals surface area (Å²) in [4.78, 5) is 0. The number of aromatic nitrogens is 2. The Morgan fingerprint density at radius 2 is 2.17 bits per heavy atom. The Morgan fingerprint density at radius 1 is 1.39 bits per heavy atom. The van der Waals surface area contributed by atoms with Crippen LogP contribution in [0.5, 0.6) is 11.5 Å². The van der Waals surface area contributed by atoms with E-state index in [-0.39, 0.29) is 11.5 Å². The average molecular weight is 244 g/mol. The Bertz CT molecular complexity index is 611. The maximum atomic E-state index is 9.80. The minimum absolute atomic E-state index is 0.0962. The van der Waals surface area contributed by atoms with Crippen molar-refractivity contribution in [2.45, 2.75) is 19.9 Å². The minimum atomic E-state index is 0.0962. The lowest BCUT2D eigenvalue weighted by Gasteiger charge is -2.03. The monoisotopic (exact) mass is 244 g/mol. The van der Waals surface area contributed by atoms with Gasteiger partial charge in [-0.3, -0.25) is 0 Å². The zero-order valence-corrected chi connectivity index (χ0v) is 10.0. The van der Waals surface area contributed by atoms with Crippen molar-refractivity contribution in [3.63, 3.8) is 0 Å². The fourth-order valence-electron chi connectivity index (χ4n) is 1.87. The molecule has 1 aromatic heterocycles. The van der Waals surface area contributed by atoms with Crippen LogP contribution in [0, 0.1) is 18.3 Å². The molecule has 2 aromatic rings. The van der Waals surface area contributed by atoms with Gasteiger partial charge in [-0.15, -0.1) is 0 Å². The molecule has 0 aliphatic heterocycles. The number of imidazole rings is 1. The molecule has 0 unspecified atom stereocenters. The van der Waals surface area contributed by atoms with E-state index in [0.29, 0.717) is 18.7 Å². The van der Waals surface area contributed by atoms with Crippen molar-refractivity contribution in [3.8, 4) is 23.3 Å². The molecule has 0 fully saturated rings. The lowest BCUT2D eigenvalue weighted by Crippen LogP contribution is -2.35. The largest absolute Gasteiger partial charge is 0.508 e. The van der Waals surface area contributed by atoms with Gasteiger partial charge in [0.15, 0.2) is 11.4 Å². The normalized spacial score (nSPS) is 10.2. The van der Waals surface area contributed by atoms with E-state index in [4.69, 9.17) is 5.26 Å². The summed E-state index contributed by atoms with van der Waals surface area (Å²) in [6.07, 6.45) is 4.07. The van der Waals surface area contributed by atoms with E-state index in [0.717, 1.165) is 5.82 Å². The topological polar surface area (TPSA) is 73.1 Å². The van der Waals surface area contributed by atoms with Crippen LogP contribution in [-0.4, -0.2) is 14.8 Å². The quantitative estimate of drug-likeness (QED) is 0.633. The zero-order chi connectivity index (χ0) is 13.1. The summed E-state index contributed by atoms with van der Waals surface area (Å²) in [6, 6.07) is 6.47. The van der Waals surface area contributed by atoms with Crippen LogP contribution < -0.4 is 4.57 Å². The molecular weight excluding hydrogens is 230 g/mol. The second kappa shape index (κ2) is 4.80. The van der Waals surface area contributed by atoms with E-state index in [2.05, 4.69) is 6.07 Å². The lowest BCUT2D eigenvalue weighted by atomic mass is 10.2. The van der Waals surface area contributed by atoms with Gasteiger partial charge in [0, 0.05) is 13.0 Å². The van der Waals surface area contributed by atoms with Crippen molar-refractivity contribution in [1.29, 1.82) is 5.26 Å². The number of aromatic hydroxyl groups is 2. The van der Waals surface area contributed by atoms with Crippen molar-refractivity contribution < 1.29 is 14.8 Å². The number of rotatable bonds is 3. The van der Waals surface area contributed by atoms with Crippen molar-refractivity contribution in [3.05, 3.63) is 36.4 Å². The second-order valence-electron chi connectivity index (χ2n) is 3.99. The number of aryl methyl sites for hydroxylation is 1. The van der Waals surface area contributed by atoms with Gasteiger partial charge in [-0.05, 0) is 12.1 Å². The predicted octanol–water partition coefficient (Wildman–Crippen LogP) is 1.40. The van der Waals surface area contributed by atoms with Crippen molar-refractivity contribution >= 4 is 0 Å². The smallest absolute Gasteiger partial charge is 0.258 e. The Balaban J connectivity index is 2.43. The van der Waals surface area contributed by atoms with Gasteiger partial charge in [0.05, 0.1) is 12.5 Å². The number of phenolic OH excluding ortho intramolecular Hbond substituents is 2. The predicted molar refractivity (Wildman–Crippen MR) is 64.3 cm³/mol. The molecule has 2 N–H and O–H groups in total. The molecule has 1 heterocycles. The molecule has 2 rings (SSSR count). The first-order valence-corrected chi connectivity index (χ1v) is 5.60. The van der Waals surface area contributed by atoms with Gasteiger partial charge in [-0.1, -0.05) is 0 Å². The Labute approximate surface area is 105 Å². The van der Waals surface area contributed by atoms with Crippen LogP contribution in [0.25, 0.3) is 5.69 Å². The first-order chi connectivity index (χ1) is 8.63. The second-order valence-corrected chi connectivity index (χ2v) is 3.99. The number of nitrogens with zero attached hydrogens (tertiary/aromatic N) is 3. The first-order valence-electron chi connectivity index (χ1n) is 5.60. The van der Waals surface area contributed by atoms with Crippen molar-refractivity contribution in [2.24, 2.45) is 0 Å². The highest BCUT2D eigenvalue weighted by Crippen LogP contribution is 2.26. The fourth-order valence-corrected chi connectivity index (χ4v) is 1.87. The molecule has 1 aromatic carbocycles. The van der Waals surface area contributed by atoms with Crippen LogP contribution >= 0.6 is 0 Å². The molecule has 0 atom stereocenters. The molecule has 0 saturated carbocycles. The van der Waals surface area contributed by atoms with Crippen LogP contribution in [0.2, 0.25) is 0 Å². The maximum Gasteiger partial charge on any atom is 0.258 e. The molecule has 0 bridgehead atoms. The molecule has 0 amide bonds. The molecule has 0 saturated heterocycles. The first kappa shape index (κ1) is 12.0. The van der Waals surface area contributed by atoms with E-state index in [1.165, 1.54) is 18.2 Å². The summed E-state index contributed by atoms with van der Waals surface area (Å²) >= 11 is 0. The number of benzene rings is 1. The maximum absolute atomic E-state index is 9.80. The molecule has 0 spiro atoms. The number of phenols is 2. The average Bonchev–Trinajstić information content (AvgIpc) is 2.71. The Hall–Kier alpha value is -2.48. The number of hydrogen-bond donors (Lipinski definition) is 2. The van der Waals surface area contributed by atoms with Crippen LogP contribution in [0.3, 0.4) is 0 Å². The van der Waals surface area contributed by atoms with E-state index in [1.807, 2.05) is 17.7 Å². The van der Waals surface area contributed by atoms with Crippen LogP contribution in [0.1, 0.15) is 12.2 Å². The zero-order valence-electron chi connectivity index (χ0n) is 10.0. The number of hydrogen-bond acceptors (Lipinski definition) is 3. The van der Waals surface area contributed by atoms with Gasteiger partial charge in [0.25, 0.3) is 5.82 Å². The van der Waals surface area contributed by atoms with Crippen molar-refractivity contribution in [2.75, 3.05) is 0 Å². The Morgan fingerprint density at radius 3 is 2.89 bits per heavy atom. The minimum Gasteiger partial charge on any atom is -0.508 e. The standard InChI is InChI=1S/C13H13N3O2/c1-10-15(6-2-5-14)7-8-16(10)12-9-11(17)3-4-13(12)18/h3-4,7-9H,2,6H2,1H3,(H-,17,18)/p+1. The van der Waals surface area contributed by atoms with Gasteiger partial charge >= 0.3 is 0 Å². The fraction of sp³-hybridized carbons (Fsp3) is 0.231. The molecule has 18 heavy (non-hydrogen) atoms. The van der Waals surface area contributed by atoms with Crippen molar-refractivity contribution in [1.82, 2.24) is 4.57 Å². The van der Waals surface area contributed by atoms with Gasteiger partial charge in [-0.2, -0.15) is 9.83 Å². The third-order valence-corrected chi connectivity index (χ3v) is 2.84. The van der Waals surface area contributed by atoms with E-state index >= 15 is 0 Å². The molecule has 5 heteroatoms. The van der Waals surface area contributed by atoms with Crippen LogP contribution in [-0.2, 0) is 6.54 Å². The van der Waals surface area contributed by atoms with Crippen LogP contribution in [0.15, 0.2) is 30.6 Å². The molecule has 0 aliphatic rings. The van der Waals surface area contributed by atoms with E-state index < -0.39 is 0 Å². The molecular formula is C13H14N3O2+. The highest BCUT2D eigenvalue weighted by molar-refractivity contribution is 5.50. The van der Waals surface area contributed by atoms with E-state index in [9.17, 15) is 10.2 Å². The van der Waals surface area contributed by atoms with Crippen LogP contribution in [0.4, 0.5) is 0 Å². The molecule has 0 radical (unpaired) electrons. The van der Waals surface area contributed by atoms with Gasteiger partial charge in [0.2, 0.25) is 0 Å². The summed E-state index contributed by atoms with van der Waals surface area (Å²) in [6.45, 7) is 2.50. The summed E-state index contributed by atoms with van der Waals surface area (Å²) in [5.41, 5.74) is 0.517. The number of nitriles is 1. The molecule has 5 nitrogen and oxygen atoms in total. The van der Waals surface area contributed by atoms with Gasteiger partial charge in [-0.25, -0.2) is 4.57 Å². The summed E-state index contributed by atoms with van der Waals surface area (Å²) in [5, 5.41) is 27.8. The third-order valence-electron chi connectivity index (χ3n) is 2.84. The third kappa shape index (κ3) is 2.13. The highest BCUT2D eigenvalue weighted by atomic mass is 16.3. The summed E-state index contributed by atoms with van der Waals surface area (Å²) in [7, 11) is 0. The summed E-state index contributed by atoms with van der Waals surface area (Å²) < 4.78 is 3.69. The molecule has 0 aliphatic carbocycles. The summed E-state index contributed by atoms with van der Waals surface area (Å²) in [5.74, 6) is 1.07. The lowest BCUT2D eigenvalue weighted by molar-refractivity contribution is -0.701. The van der Waals surface area contributed by atoms with Gasteiger partial charge in [0.1, 0.15) is 24.7 Å². The van der Waals surface area contributed by atoms with Gasteiger partial charge < -0.3 is 10.2 Å². The Kier molecular flexibility index (Phi) is 3.20. The SMILES string of the molecule is Cc1n(-c2cc(O)ccc2O)cc[n+]1CCC#N. The highest BCUT2D eigenvalue weighted by Gasteiger charge is 2.17.